The van der Waals surface area contributed by atoms with Gasteiger partial charge in [0.05, 0.1) is 13.5 Å². The van der Waals surface area contributed by atoms with Gasteiger partial charge in [0.1, 0.15) is 11.4 Å². The molecule has 0 saturated heterocycles. The normalized spacial score (nSPS) is 10.8. The highest BCUT2D eigenvalue weighted by atomic mass is 16.6. The van der Waals surface area contributed by atoms with Crippen LogP contribution in [0.15, 0.2) is 48.5 Å². The molecule has 0 spiro atoms. The molecule has 0 saturated carbocycles. The Morgan fingerprint density at radius 3 is 2.30 bits per heavy atom. The minimum absolute atomic E-state index is 0.0891. The van der Waals surface area contributed by atoms with Crippen molar-refractivity contribution in [2.24, 2.45) is 0 Å². The Kier molecular flexibility index (Phi) is 6.82. The van der Waals surface area contributed by atoms with Crippen LogP contribution in [-0.4, -0.2) is 24.7 Å². The number of anilines is 1. The molecule has 27 heavy (non-hydrogen) atoms. The van der Waals surface area contributed by atoms with E-state index in [1.807, 2.05) is 24.3 Å². The molecule has 0 fully saturated rings. The van der Waals surface area contributed by atoms with E-state index in [1.165, 1.54) is 0 Å². The van der Waals surface area contributed by atoms with Crippen LogP contribution in [-0.2, 0) is 22.5 Å². The Labute approximate surface area is 159 Å². The fraction of sp³-hybridized carbons (Fsp3) is 0.333. The third kappa shape index (κ3) is 7.01. The van der Waals surface area contributed by atoms with Crippen molar-refractivity contribution in [3.05, 3.63) is 59.7 Å². The Bertz CT molecular complexity index is 780. The second-order valence-corrected chi connectivity index (χ2v) is 7.09. The second-order valence-electron chi connectivity index (χ2n) is 7.09. The standard InChI is InChI=1S/C21H26N2O4/c1-21(2,3)27-20(25)23-17-11-9-15(10-12-17)13-19(24)22-14-16-7-5-6-8-18(16)26-4/h5-12H,13-14H2,1-4H3,(H,22,24)(H,23,25). The van der Waals surface area contributed by atoms with Gasteiger partial charge in [-0.15, -0.1) is 0 Å². The molecule has 0 aliphatic carbocycles. The number of nitrogens with one attached hydrogen (secondary N) is 2. The Morgan fingerprint density at radius 2 is 1.67 bits per heavy atom. The largest absolute Gasteiger partial charge is 0.496 e. The minimum atomic E-state index is -0.552. The molecule has 0 heterocycles. The van der Waals surface area contributed by atoms with E-state index in [0.717, 1.165) is 16.9 Å². The van der Waals surface area contributed by atoms with Crippen molar-refractivity contribution in [1.29, 1.82) is 0 Å². The lowest BCUT2D eigenvalue weighted by Gasteiger charge is -2.19. The molecule has 2 aromatic rings. The average molecular weight is 370 g/mol. The molecule has 6 heteroatoms. The lowest BCUT2D eigenvalue weighted by atomic mass is 10.1. The molecule has 0 aliphatic rings. The van der Waals surface area contributed by atoms with E-state index in [-0.39, 0.29) is 12.3 Å². The van der Waals surface area contributed by atoms with Crippen LogP contribution in [0, 0.1) is 0 Å². The third-order valence-electron chi connectivity index (χ3n) is 3.63. The Morgan fingerprint density at radius 1 is 1.00 bits per heavy atom. The van der Waals surface area contributed by atoms with Gasteiger partial charge < -0.3 is 14.8 Å². The summed E-state index contributed by atoms with van der Waals surface area (Å²) in [6.07, 6.45) is -0.258. The van der Waals surface area contributed by atoms with Gasteiger partial charge in [0.2, 0.25) is 5.91 Å². The van der Waals surface area contributed by atoms with E-state index < -0.39 is 11.7 Å². The zero-order valence-corrected chi connectivity index (χ0v) is 16.2. The van der Waals surface area contributed by atoms with Gasteiger partial charge in [0.25, 0.3) is 0 Å². The highest BCUT2D eigenvalue weighted by Gasteiger charge is 2.16. The summed E-state index contributed by atoms with van der Waals surface area (Å²) in [5.41, 5.74) is 1.83. The number of para-hydroxylation sites is 1. The van der Waals surface area contributed by atoms with E-state index in [2.05, 4.69) is 10.6 Å². The maximum Gasteiger partial charge on any atom is 0.412 e. The minimum Gasteiger partial charge on any atom is -0.496 e. The van der Waals surface area contributed by atoms with Crippen LogP contribution in [0.2, 0.25) is 0 Å². The van der Waals surface area contributed by atoms with Gasteiger partial charge in [0.15, 0.2) is 0 Å². The van der Waals surface area contributed by atoms with Crippen LogP contribution in [0.1, 0.15) is 31.9 Å². The van der Waals surface area contributed by atoms with Gasteiger partial charge in [0, 0.05) is 17.8 Å². The Hall–Kier alpha value is -3.02. The molecule has 2 N–H and O–H groups in total. The SMILES string of the molecule is COc1ccccc1CNC(=O)Cc1ccc(NC(=O)OC(C)(C)C)cc1. The highest BCUT2D eigenvalue weighted by molar-refractivity contribution is 5.85. The summed E-state index contributed by atoms with van der Waals surface area (Å²) in [7, 11) is 1.60. The summed E-state index contributed by atoms with van der Waals surface area (Å²) in [5, 5.41) is 5.55. The number of carbonyl (C=O) groups excluding carboxylic acids is 2. The van der Waals surface area contributed by atoms with Gasteiger partial charge in [-0.1, -0.05) is 30.3 Å². The first-order valence-corrected chi connectivity index (χ1v) is 8.74. The predicted octanol–water partition coefficient (Wildman–Crippen LogP) is 3.90. The van der Waals surface area contributed by atoms with Crippen LogP contribution in [0.3, 0.4) is 0 Å². The highest BCUT2D eigenvalue weighted by Crippen LogP contribution is 2.17. The number of methoxy groups -OCH3 is 1. The van der Waals surface area contributed by atoms with Gasteiger partial charge in [-0.2, -0.15) is 0 Å². The summed E-state index contributed by atoms with van der Waals surface area (Å²) < 4.78 is 10.5. The average Bonchev–Trinajstić information content (AvgIpc) is 2.60. The molecular weight excluding hydrogens is 344 g/mol. The number of amides is 2. The number of hydrogen-bond acceptors (Lipinski definition) is 4. The topological polar surface area (TPSA) is 76.7 Å². The molecule has 2 aromatic carbocycles. The van der Waals surface area contributed by atoms with E-state index in [4.69, 9.17) is 9.47 Å². The maximum atomic E-state index is 12.2. The fourth-order valence-corrected chi connectivity index (χ4v) is 2.42. The zero-order chi connectivity index (χ0) is 19.9. The second kappa shape index (κ2) is 9.07. The number of benzene rings is 2. The van der Waals surface area contributed by atoms with Crippen molar-refractivity contribution in [2.75, 3.05) is 12.4 Å². The number of hydrogen-bond donors (Lipinski definition) is 2. The Balaban J connectivity index is 1.85. The van der Waals surface area contributed by atoms with Crippen molar-refractivity contribution in [3.63, 3.8) is 0 Å². The van der Waals surface area contributed by atoms with E-state index >= 15 is 0 Å². The van der Waals surface area contributed by atoms with Crippen molar-refractivity contribution in [1.82, 2.24) is 5.32 Å². The molecule has 0 aromatic heterocycles. The van der Waals surface area contributed by atoms with Crippen molar-refractivity contribution < 1.29 is 19.1 Å². The van der Waals surface area contributed by atoms with Crippen LogP contribution in [0.4, 0.5) is 10.5 Å². The van der Waals surface area contributed by atoms with Crippen LogP contribution >= 0.6 is 0 Å². The van der Waals surface area contributed by atoms with Crippen molar-refractivity contribution in [2.45, 2.75) is 39.3 Å². The van der Waals surface area contributed by atoms with Crippen LogP contribution in [0.25, 0.3) is 0 Å². The number of rotatable bonds is 6. The van der Waals surface area contributed by atoms with Gasteiger partial charge in [-0.25, -0.2) is 4.79 Å². The molecule has 0 bridgehead atoms. The molecule has 2 amide bonds. The molecule has 2 rings (SSSR count). The maximum absolute atomic E-state index is 12.2. The van der Waals surface area contributed by atoms with Crippen LogP contribution in [0.5, 0.6) is 5.75 Å². The summed E-state index contributed by atoms with van der Waals surface area (Å²) in [5.74, 6) is 0.657. The molecule has 0 atom stereocenters. The summed E-state index contributed by atoms with van der Waals surface area (Å²) in [6, 6.07) is 14.6. The number of ether oxygens (including phenoxy) is 2. The smallest absolute Gasteiger partial charge is 0.412 e. The third-order valence-corrected chi connectivity index (χ3v) is 3.63. The van der Waals surface area contributed by atoms with Gasteiger partial charge >= 0.3 is 6.09 Å². The zero-order valence-electron chi connectivity index (χ0n) is 16.2. The lowest BCUT2D eigenvalue weighted by Crippen LogP contribution is -2.27. The molecular formula is C21H26N2O4. The summed E-state index contributed by atoms with van der Waals surface area (Å²) in [6.45, 7) is 5.82. The van der Waals surface area contributed by atoms with E-state index in [0.29, 0.717) is 12.2 Å². The molecule has 6 nitrogen and oxygen atoms in total. The summed E-state index contributed by atoms with van der Waals surface area (Å²) >= 11 is 0. The van der Waals surface area contributed by atoms with Crippen LogP contribution < -0.4 is 15.4 Å². The lowest BCUT2D eigenvalue weighted by molar-refractivity contribution is -0.120. The fourth-order valence-electron chi connectivity index (χ4n) is 2.42. The van der Waals surface area contributed by atoms with E-state index in [1.54, 1.807) is 52.1 Å². The molecule has 144 valence electrons. The van der Waals surface area contributed by atoms with E-state index in [9.17, 15) is 9.59 Å². The predicted molar refractivity (Wildman–Crippen MR) is 105 cm³/mol. The molecule has 0 radical (unpaired) electrons. The quantitative estimate of drug-likeness (QED) is 0.808. The van der Waals surface area contributed by atoms with Gasteiger partial charge in [-0.05, 0) is 44.5 Å². The van der Waals surface area contributed by atoms with Crippen molar-refractivity contribution >= 4 is 17.7 Å². The first-order valence-electron chi connectivity index (χ1n) is 8.74. The monoisotopic (exact) mass is 370 g/mol. The van der Waals surface area contributed by atoms with Gasteiger partial charge in [-0.3, -0.25) is 10.1 Å². The molecule has 0 unspecified atom stereocenters. The number of carbonyl (C=O) groups is 2. The molecule has 0 aliphatic heterocycles. The summed E-state index contributed by atoms with van der Waals surface area (Å²) in [4.78, 5) is 23.9. The first-order chi connectivity index (χ1) is 12.8. The van der Waals surface area contributed by atoms with Crippen molar-refractivity contribution in [3.8, 4) is 5.75 Å². The first kappa shape index (κ1) is 20.3.